The number of amides is 1. The van der Waals surface area contributed by atoms with E-state index < -0.39 is 5.60 Å². The zero-order chi connectivity index (χ0) is 18.4. The van der Waals surface area contributed by atoms with Gasteiger partial charge in [-0.15, -0.1) is 0 Å². The van der Waals surface area contributed by atoms with Crippen molar-refractivity contribution in [1.82, 2.24) is 0 Å². The fourth-order valence-electron chi connectivity index (χ4n) is 3.78. The summed E-state index contributed by atoms with van der Waals surface area (Å²) < 4.78 is 11.6. The highest BCUT2D eigenvalue weighted by Crippen LogP contribution is 2.35. The molecule has 0 radical (unpaired) electrons. The number of carbonyl (C=O) groups is 1. The van der Waals surface area contributed by atoms with E-state index in [1.54, 1.807) is 7.11 Å². The van der Waals surface area contributed by atoms with Crippen molar-refractivity contribution in [1.29, 1.82) is 0 Å². The van der Waals surface area contributed by atoms with Crippen LogP contribution in [-0.4, -0.2) is 25.2 Å². The molecule has 1 aliphatic rings. The summed E-state index contributed by atoms with van der Waals surface area (Å²) in [6.07, 6.45) is 6.94. The Bertz CT molecular complexity index is 748. The minimum atomic E-state index is -0.713. The van der Waals surface area contributed by atoms with Gasteiger partial charge in [0.05, 0.1) is 6.61 Å². The molecule has 0 bridgehead atoms. The van der Waals surface area contributed by atoms with E-state index in [1.165, 1.54) is 12.8 Å². The van der Waals surface area contributed by atoms with Crippen LogP contribution in [0.25, 0.3) is 10.8 Å². The van der Waals surface area contributed by atoms with Gasteiger partial charge in [-0.3, -0.25) is 4.79 Å². The van der Waals surface area contributed by atoms with Crippen molar-refractivity contribution in [2.75, 3.05) is 19.0 Å². The molecule has 1 saturated carbocycles. The van der Waals surface area contributed by atoms with Crippen LogP contribution in [0.5, 0.6) is 5.75 Å². The van der Waals surface area contributed by atoms with Gasteiger partial charge in [0.15, 0.2) is 0 Å². The van der Waals surface area contributed by atoms with E-state index >= 15 is 0 Å². The molecule has 0 aromatic heterocycles. The molecule has 0 spiro atoms. The molecule has 0 saturated heterocycles. The first kappa shape index (κ1) is 18.7. The number of hydrogen-bond acceptors (Lipinski definition) is 3. The first-order valence-corrected chi connectivity index (χ1v) is 9.71. The number of benzene rings is 2. The van der Waals surface area contributed by atoms with Gasteiger partial charge in [0.25, 0.3) is 5.91 Å². The molecular weight excluding hydrogens is 326 g/mol. The third-order valence-electron chi connectivity index (χ3n) is 5.31. The standard InChI is InChI=1S/C22H29NO3/c1-3-16-26-20-13-12-19(17-10-6-7-11-18(17)20)23-21(24)22(25-2)14-8-4-5-9-15-22/h6-7,10-13H,3-5,8-9,14-16H2,1-2H3,(H,23,24). The molecule has 140 valence electrons. The normalized spacial score (nSPS) is 16.8. The Labute approximate surface area is 155 Å². The molecule has 0 aliphatic heterocycles. The fourth-order valence-corrected chi connectivity index (χ4v) is 3.78. The molecule has 2 aromatic carbocycles. The van der Waals surface area contributed by atoms with Crippen LogP contribution in [0.2, 0.25) is 0 Å². The molecule has 26 heavy (non-hydrogen) atoms. The summed E-state index contributed by atoms with van der Waals surface area (Å²) in [5.74, 6) is 0.825. The van der Waals surface area contributed by atoms with Crippen LogP contribution in [0.15, 0.2) is 36.4 Å². The number of fused-ring (bicyclic) bond motifs is 1. The van der Waals surface area contributed by atoms with Crippen LogP contribution in [0, 0.1) is 0 Å². The summed E-state index contributed by atoms with van der Waals surface area (Å²) in [4.78, 5) is 13.1. The van der Waals surface area contributed by atoms with Crippen molar-refractivity contribution in [2.24, 2.45) is 0 Å². The number of anilines is 1. The maximum absolute atomic E-state index is 13.1. The molecular formula is C22H29NO3. The van der Waals surface area contributed by atoms with Crippen LogP contribution >= 0.6 is 0 Å². The molecule has 0 unspecified atom stereocenters. The maximum atomic E-state index is 13.1. The minimum absolute atomic E-state index is 0.0331. The molecule has 1 N–H and O–H groups in total. The van der Waals surface area contributed by atoms with Crippen molar-refractivity contribution < 1.29 is 14.3 Å². The van der Waals surface area contributed by atoms with Crippen LogP contribution in [0.3, 0.4) is 0 Å². The second-order valence-corrected chi connectivity index (χ2v) is 7.07. The summed E-state index contributed by atoms with van der Waals surface area (Å²) in [6.45, 7) is 2.77. The van der Waals surface area contributed by atoms with Crippen LogP contribution < -0.4 is 10.1 Å². The Balaban J connectivity index is 1.89. The first-order valence-electron chi connectivity index (χ1n) is 9.71. The highest BCUT2D eigenvalue weighted by atomic mass is 16.5. The average molecular weight is 355 g/mol. The van der Waals surface area contributed by atoms with Gasteiger partial charge in [-0.25, -0.2) is 0 Å². The van der Waals surface area contributed by atoms with E-state index in [9.17, 15) is 4.79 Å². The summed E-state index contributed by atoms with van der Waals surface area (Å²) in [7, 11) is 1.66. The van der Waals surface area contributed by atoms with Crippen molar-refractivity contribution in [3.05, 3.63) is 36.4 Å². The third-order valence-corrected chi connectivity index (χ3v) is 5.31. The van der Waals surface area contributed by atoms with E-state index in [0.29, 0.717) is 6.61 Å². The van der Waals surface area contributed by atoms with E-state index in [2.05, 4.69) is 12.2 Å². The SMILES string of the molecule is CCCOc1ccc(NC(=O)C2(OC)CCCCCC2)c2ccccc12. The number of nitrogens with one attached hydrogen (secondary N) is 1. The van der Waals surface area contributed by atoms with E-state index in [4.69, 9.17) is 9.47 Å². The number of hydrogen-bond donors (Lipinski definition) is 1. The Hall–Kier alpha value is -2.07. The average Bonchev–Trinajstić information content (AvgIpc) is 2.94. The Morgan fingerprint density at radius 2 is 1.73 bits per heavy atom. The molecule has 0 heterocycles. The van der Waals surface area contributed by atoms with Gasteiger partial charge >= 0.3 is 0 Å². The van der Waals surface area contributed by atoms with E-state index in [1.807, 2.05) is 36.4 Å². The smallest absolute Gasteiger partial charge is 0.256 e. The van der Waals surface area contributed by atoms with Crippen LogP contribution in [0.1, 0.15) is 51.9 Å². The lowest BCUT2D eigenvalue weighted by atomic mass is 9.92. The Morgan fingerprint density at radius 1 is 1.04 bits per heavy atom. The fraction of sp³-hybridized carbons (Fsp3) is 0.500. The predicted octanol–water partition coefficient (Wildman–Crippen LogP) is 5.31. The van der Waals surface area contributed by atoms with Crippen LogP contribution in [0.4, 0.5) is 5.69 Å². The third kappa shape index (κ3) is 3.85. The van der Waals surface area contributed by atoms with Gasteiger partial charge in [-0.1, -0.05) is 56.9 Å². The maximum Gasteiger partial charge on any atom is 0.256 e. The molecule has 1 aliphatic carbocycles. The highest BCUT2D eigenvalue weighted by Gasteiger charge is 2.38. The summed E-state index contributed by atoms with van der Waals surface area (Å²) in [5.41, 5.74) is 0.102. The van der Waals surface area contributed by atoms with Crippen molar-refractivity contribution in [2.45, 2.75) is 57.5 Å². The molecule has 4 nitrogen and oxygen atoms in total. The number of methoxy groups -OCH3 is 1. The molecule has 1 fully saturated rings. The summed E-state index contributed by atoms with van der Waals surface area (Å²) >= 11 is 0. The van der Waals surface area contributed by atoms with Gasteiger partial charge in [0.1, 0.15) is 11.4 Å². The predicted molar refractivity (Wildman–Crippen MR) is 106 cm³/mol. The zero-order valence-electron chi connectivity index (χ0n) is 15.8. The zero-order valence-corrected chi connectivity index (χ0v) is 15.8. The van der Waals surface area contributed by atoms with Crippen molar-refractivity contribution in [3.63, 3.8) is 0 Å². The molecule has 4 heteroatoms. The van der Waals surface area contributed by atoms with Gasteiger partial charge in [0.2, 0.25) is 0 Å². The monoisotopic (exact) mass is 355 g/mol. The topological polar surface area (TPSA) is 47.6 Å². The van der Waals surface area contributed by atoms with Crippen LogP contribution in [-0.2, 0) is 9.53 Å². The number of rotatable bonds is 6. The second kappa shape index (κ2) is 8.54. The van der Waals surface area contributed by atoms with Gasteiger partial charge in [0, 0.05) is 23.6 Å². The summed E-state index contributed by atoms with van der Waals surface area (Å²) in [6, 6.07) is 11.9. The number of carbonyl (C=O) groups excluding carboxylic acids is 1. The molecule has 0 atom stereocenters. The van der Waals surface area contributed by atoms with Gasteiger partial charge < -0.3 is 14.8 Å². The van der Waals surface area contributed by atoms with Crippen molar-refractivity contribution >= 4 is 22.4 Å². The minimum Gasteiger partial charge on any atom is -0.493 e. The van der Waals surface area contributed by atoms with Crippen molar-refractivity contribution in [3.8, 4) is 5.75 Å². The molecule has 2 aromatic rings. The summed E-state index contributed by atoms with van der Waals surface area (Å²) in [5, 5.41) is 5.15. The lowest BCUT2D eigenvalue weighted by Crippen LogP contribution is -2.44. The van der Waals surface area contributed by atoms with E-state index in [-0.39, 0.29) is 5.91 Å². The Kier molecular flexibility index (Phi) is 6.15. The molecule has 3 rings (SSSR count). The lowest BCUT2D eigenvalue weighted by Gasteiger charge is -2.30. The first-order chi connectivity index (χ1) is 12.7. The second-order valence-electron chi connectivity index (χ2n) is 7.07. The quantitative estimate of drug-likeness (QED) is 0.715. The van der Waals surface area contributed by atoms with Gasteiger partial charge in [-0.05, 0) is 31.4 Å². The highest BCUT2D eigenvalue weighted by molar-refractivity contribution is 6.06. The lowest BCUT2D eigenvalue weighted by molar-refractivity contribution is -0.139. The molecule has 1 amide bonds. The van der Waals surface area contributed by atoms with E-state index in [0.717, 1.165) is 54.3 Å². The largest absolute Gasteiger partial charge is 0.493 e. The Morgan fingerprint density at radius 3 is 2.38 bits per heavy atom. The number of ether oxygens (including phenoxy) is 2. The van der Waals surface area contributed by atoms with Gasteiger partial charge in [-0.2, -0.15) is 0 Å².